The minimum absolute atomic E-state index is 0.0326. The standard InChI is InChI=1S/C30H42O6/c1-16-12-29(35-24(16)34)13-17(2)30(36-29)15-22(33)28(7)18-8-9-20-25(3,4)21(32)10-11-26(20,5)23(18)19(31)14-27(28,30)6/h16-17,20,22,33H,8-15H2,1-7H3/t16-,17+,20-,22-,26-,27-,28+,29-,30-/m0/s1. The summed E-state index contributed by atoms with van der Waals surface area (Å²) in [5.41, 5.74) is -0.814. The maximum absolute atomic E-state index is 14.3. The van der Waals surface area contributed by atoms with E-state index in [4.69, 9.17) is 9.47 Å². The van der Waals surface area contributed by atoms with Crippen LogP contribution in [0.3, 0.4) is 0 Å². The number of hydrogen-bond donors (Lipinski definition) is 1. The third-order valence-corrected chi connectivity index (χ3v) is 12.5. The molecular weight excluding hydrogens is 456 g/mol. The summed E-state index contributed by atoms with van der Waals surface area (Å²) in [6.45, 7) is 14.6. The summed E-state index contributed by atoms with van der Waals surface area (Å²) in [6.07, 6.45) is 3.96. The fourth-order valence-corrected chi connectivity index (χ4v) is 10.5. The largest absolute Gasteiger partial charge is 0.433 e. The van der Waals surface area contributed by atoms with Gasteiger partial charge in [0, 0.05) is 59.3 Å². The molecule has 2 aliphatic heterocycles. The lowest BCUT2D eigenvalue weighted by Crippen LogP contribution is -2.60. The van der Waals surface area contributed by atoms with Crippen LogP contribution in [0.5, 0.6) is 0 Å². The van der Waals surface area contributed by atoms with Crippen molar-refractivity contribution in [2.75, 3.05) is 0 Å². The zero-order valence-corrected chi connectivity index (χ0v) is 23.0. The number of carbonyl (C=O) groups excluding carboxylic acids is 3. The number of fused-ring (bicyclic) bond motifs is 5. The van der Waals surface area contributed by atoms with Crippen LogP contribution >= 0.6 is 0 Å². The molecule has 36 heavy (non-hydrogen) atoms. The van der Waals surface area contributed by atoms with E-state index in [9.17, 15) is 19.5 Å². The normalized spacial score (nSPS) is 53.6. The molecule has 6 heteroatoms. The number of aliphatic hydroxyl groups is 1. The summed E-state index contributed by atoms with van der Waals surface area (Å²) in [4.78, 5) is 39.5. The van der Waals surface area contributed by atoms with Crippen LogP contribution < -0.4 is 0 Å². The number of Topliss-reactive ketones (excluding diaryl/α,β-unsaturated/α-hetero) is 2. The Morgan fingerprint density at radius 2 is 1.64 bits per heavy atom. The molecule has 2 spiro atoms. The van der Waals surface area contributed by atoms with Gasteiger partial charge < -0.3 is 14.6 Å². The predicted molar refractivity (Wildman–Crippen MR) is 133 cm³/mol. The van der Waals surface area contributed by atoms with E-state index in [1.807, 2.05) is 6.92 Å². The Balaban J connectivity index is 1.48. The fraction of sp³-hybridized carbons (Fsp3) is 0.833. The molecule has 0 aromatic rings. The Bertz CT molecular complexity index is 1120. The molecule has 6 rings (SSSR count). The van der Waals surface area contributed by atoms with Crippen LogP contribution in [-0.4, -0.2) is 40.1 Å². The van der Waals surface area contributed by atoms with Crippen molar-refractivity contribution < 1.29 is 29.0 Å². The van der Waals surface area contributed by atoms with Crippen LogP contribution in [0, 0.1) is 39.4 Å². The molecule has 9 atom stereocenters. The smallest absolute Gasteiger partial charge is 0.311 e. The van der Waals surface area contributed by atoms with Gasteiger partial charge in [0.2, 0.25) is 5.79 Å². The molecule has 2 saturated heterocycles. The molecule has 0 aromatic heterocycles. The van der Waals surface area contributed by atoms with Gasteiger partial charge in [0.25, 0.3) is 0 Å². The Morgan fingerprint density at radius 3 is 2.28 bits per heavy atom. The van der Waals surface area contributed by atoms with Crippen LogP contribution in [0.1, 0.15) is 99.8 Å². The lowest BCUT2D eigenvalue weighted by atomic mass is 9.42. The van der Waals surface area contributed by atoms with Crippen LogP contribution in [0.15, 0.2) is 11.1 Å². The molecule has 4 aliphatic carbocycles. The second-order valence-electron chi connectivity index (χ2n) is 14.4. The number of allylic oxidation sites excluding steroid dienone is 1. The SMILES string of the molecule is C[C@@H]1C[C@]2(C[C@H](C)C(=O)O2)O[C@@]12C[C@H](O)[C@@]1(C)C3=C(C(=O)C[C@]21C)[C@@]1(C)CCC(=O)C(C)(C)[C@@H]1CC3. The summed E-state index contributed by atoms with van der Waals surface area (Å²) in [6, 6.07) is 0. The van der Waals surface area contributed by atoms with Gasteiger partial charge >= 0.3 is 5.97 Å². The van der Waals surface area contributed by atoms with Crippen LogP contribution in [0.4, 0.5) is 0 Å². The maximum atomic E-state index is 14.3. The molecule has 6 nitrogen and oxygen atoms in total. The van der Waals surface area contributed by atoms with Crippen molar-refractivity contribution >= 4 is 17.5 Å². The van der Waals surface area contributed by atoms with Gasteiger partial charge in [0.05, 0.1) is 17.6 Å². The maximum Gasteiger partial charge on any atom is 0.311 e. The first-order valence-corrected chi connectivity index (χ1v) is 14.0. The number of rotatable bonds is 0. The van der Waals surface area contributed by atoms with Gasteiger partial charge in [-0.2, -0.15) is 0 Å². The van der Waals surface area contributed by atoms with E-state index in [0.717, 1.165) is 24.0 Å². The minimum atomic E-state index is -0.959. The van der Waals surface area contributed by atoms with Crippen LogP contribution in [0.2, 0.25) is 0 Å². The minimum Gasteiger partial charge on any atom is -0.433 e. The van der Waals surface area contributed by atoms with Crippen molar-refractivity contribution in [1.29, 1.82) is 0 Å². The van der Waals surface area contributed by atoms with Gasteiger partial charge in [-0.15, -0.1) is 0 Å². The molecule has 0 aromatic carbocycles. The average Bonchev–Trinajstić information content (AvgIpc) is 3.27. The summed E-state index contributed by atoms with van der Waals surface area (Å²) >= 11 is 0. The van der Waals surface area contributed by atoms with Crippen molar-refractivity contribution in [3.8, 4) is 0 Å². The monoisotopic (exact) mass is 498 g/mol. The second-order valence-corrected chi connectivity index (χ2v) is 14.4. The number of ketones is 2. The van der Waals surface area contributed by atoms with E-state index in [-0.39, 0.29) is 34.9 Å². The highest BCUT2D eigenvalue weighted by atomic mass is 16.7. The summed E-state index contributed by atoms with van der Waals surface area (Å²) < 4.78 is 12.8. The Kier molecular flexibility index (Phi) is 4.76. The van der Waals surface area contributed by atoms with Crippen molar-refractivity contribution in [1.82, 2.24) is 0 Å². The molecule has 0 unspecified atom stereocenters. The van der Waals surface area contributed by atoms with Gasteiger partial charge in [0.1, 0.15) is 5.78 Å². The molecule has 6 aliphatic rings. The summed E-state index contributed by atoms with van der Waals surface area (Å²) in [5, 5.41) is 11.9. The Hall–Kier alpha value is -1.53. The lowest BCUT2D eigenvalue weighted by molar-refractivity contribution is -0.254. The first kappa shape index (κ1) is 24.8. The highest BCUT2D eigenvalue weighted by molar-refractivity contribution is 6.01. The molecular formula is C30H42O6. The third-order valence-electron chi connectivity index (χ3n) is 12.5. The molecule has 4 fully saturated rings. The van der Waals surface area contributed by atoms with Crippen molar-refractivity contribution in [3.05, 3.63) is 11.1 Å². The first-order chi connectivity index (χ1) is 16.6. The van der Waals surface area contributed by atoms with E-state index in [0.29, 0.717) is 44.3 Å². The van der Waals surface area contributed by atoms with E-state index in [1.165, 1.54) is 0 Å². The van der Waals surface area contributed by atoms with Gasteiger partial charge in [0.15, 0.2) is 5.78 Å². The number of esters is 1. The molecule has 2 saturated carbocycles. The summed E-state index contributed by atoms with van der Waals surface area (Å²) in [7, 11) is 0. The van der Waals surface area contributed by atoms with E-state index >= 15 is 0 Å². The van der Waals surface area contributed by atoms with Gasteiger partial charge in [-0.05, 0) is 31.1 Å². The van der Waals surface area contributed by atoms with Crippen molar-refractivity contribution in [2.24, 2.45) is 39.4 Å². The van der Waals surface area contributed by atoms with Crippen LogP contribution in [0.25, 0.3) is 0 Å². The second kappa shape index (κ2) is 6.91. The lowest BCUT2D eigenvalue weighted by Gasteiger charge is -2.61. The summed E-state index contributed by atoms with van der Waals surface area (Å²) in [5.74, 6) is -0.789. The molecule has 198 valence electrons. The molecule has 1 N–H and O–H groups in total. The van der Waals surface area contributed by atoms with Gasteiger partial charge in [-0.1, -0.05) is 54.0 Å². The highest BCUT2D eigenvalue weighted by Gasteiger charge is 2.78. The zero-order chi connectivity index (χ0) is 26.3. The predicted octanol–water partition coefficient (Wildman–Crippen LogP) is 4.91. The zero-order valence-electron chi connectivity index (χ0n) is 23.0. The van der Waals surface area contributed by atoms with Gasteiger partial charge in [-0.25, -0.2) is 0 Å². The Labute approximate surface area is 214 Å². The van der Waals surface area contributed by atoms with E-state index in [2.05, 4.69) is 41.5 Å². The van der Waals surface area contributed by atoms with E-state index in [1.54, 1.807) is 0 Å². The number of carbonyl (C=O) groups is 3. The third kappa shape index (κ3) is 2.54. The van der Waals surface area contributed by atoms with E-state index < -0.39 is 33.7 Å². The quantitative estimate of drug-likeness (QED) is 0.477. The Morgan fingerprint density at radius 1 is 0.944 bits per heavy atom. The van der Waals surface area contributed by atoms with Gasteiger partial charge in [-0.3, -0.25) is 14.4 Å². The van der Waals surface area contributed by atoms with Crippen molar-refractivity contribution in [3.63, 3.8) is 0 Å². The average molecular weight is 499 g/mol. The van der Waals surface area contributed by atoms with Crippen LogP contribution in [-0.2, 0) is 23.9 Å². The number of ether oxygens (including phenoxy) is 2. The molecule has 0 bridgehead atoms. The first-order valence-electron chi connectivity index (χ1n) is 14.0. The molecule has 0 amide bonds. The fourth-order valence-electron chi connectivity index (χ4n) is 10.5. The molecule has 2 heterocycles. The molecule has 0 radical (unpaired) electrons. The van der Waals surface area contributed by atoms with Crippen molar-refractivity contribution in [2.45, 2.75) is 117 Å². The highest BCUT2D eigenvalue weighted by Crippen LogP contribution is 2.75. The number of aliphatic hydroxyl groups excluding tert-OH is 1. The number of hydrogen-bond acceptors (Lipinski definition) is 6. The topological polar surface area (TPSA) is 89.9 Å².